The first-order valence-corrected chi connectivity index (χ1v) is 11.3. The summed E-state index contributed by atoms with van der Waals surface area (Å²) in [4.78, 5) is 23.9. The van der Waals surface area contributed by atoms with Crippen molar-refractivity contribution >= 4 is 27.8 Å². The second kappa shape index (κ2) is 8.29. The Kier molecular flexibility index (Phi) is 4.95. The van der Waals surface area contributed by atoms with E-state index in [-0.39, 0.29) is 12.6 Å². The van der Waals surface area contributed by atoms with E-state index in [1.54, 1.807) is 0 Å². The van der Waals surface area contributed by atoms with E-state index in [0.717, 1.165) is 49.8 Å². The number of carbonyl (C=O) groups is 1. The molecule has 0 amide bonds. The largest absolute Gasteiger partial charge is 0.456 e. The lowest BCUT2D eigenvalue weighted by molar-refractivity contribution is 0.0467. The molecule has 3 heterocycles. The van der Waals surface area contributed by atoms with Crippen LogP contribution in [0, 0.1) is 13.8 Å². The predicted molar refractivity (Wildman–Crippen MR) is 134 cm³/mol. The van der Waals surface area contributed by atoms with Crippen LogP contribution in [-0.2, 0) is 11.3 Å². The molecule has 35 heavy (non-hydrogen) atoms. The van der Waals surface area contributed by atoms with Crippen molar-refractivity contribution in [2.45, 2.75) is 20.5 Å². The van der Waals surface area contributed by atoms with E-state index in [2.05, 4.69) is 20.1 Å². The van der Waals surface area contributed by atoms with E-state index in [1.165, 1.54) is 0 Å². The van der Waals surface area contributed by atoms with Crippen LogP contribution in [0.3, 0.4) is 0 Å². The number of aromatic nitrogens is 4. The summed E-state index contributed by atoms with van der Waals surface area (Å²) in [6.45, 7) is 4.30. The number of hydrogen-bond acceptors (Lipinski definition) is 5. The summed E-state index contributed by atoms with van der Waals surface area (Å²) in [5.74, 6) is 0.594. The molecule has 3 aromatic carbocycles. The Balaban J connectivity index is 1.33. The number of aryl methyl sites for hydroxylation is 2. The van der Waals surface area contributed by atoms with E-state index in [4.69, 9.17) is 9.26 Å². The minimum Gasteiger partial charge on any atom is -0.456 e. The number of carbonyl (C=O) groups excluding carboxylic acids is 1. The highest BCUT2D eigenvalue weighted by atomic mass is 16.5. The van der Waals surface area contributed by atoms with Crippen LogP contribution < -0.4 is 0 Å². The van der Waals surface area contributed by atoms with E-state index < -0.39 is 0 Å². The van der Waals surface area contributed by atoms with Crippen LogP contribution in [0.2, 0.25) is 0 Å². The highest BCUT2D eigenvalue weighted by Gasteiger charge is 2.20. The molecule has 6 aromatic rings. The summed E-state index contributed by atoms with van der Waals surface area (Å²) in [5.41, 5.74) is 6.89. The highest BCUT2D eigenvalue weighted by molar-refractivity contribution is 6.06. The zero-order chi connectivity index (χ0) is 23.9. The molecule has 0 saturated carbocycles. The van der Waals surface area contributed by atoms with Crippen molar-refractivity contribution in [1.29, 1.82) is 0 Å². The van der Waals surface area contributed by atoms with Gasteiger partial charge in [-0.2, -0.15) is 4.98 Å². The Morgan fingerprint density at radius 1 is 0.914 bits per heavy atom. The van der Waals surface area contributed by atoms with E-state index >= 15 is 0 Å². The maximum Gasteiger partial charge on any atom is 0.355 e. The third kappa shape index (κ3) is 3.67. The Bertz CT molecular complexity index is 1680. The van der Waals surface area contributed by atoms with Crippen LogP contribution in [0.5, 0.6) is 0 Å². The van der Waals surface area contributed by atoms with Crippen molar-refractivity contribution in [3.05, 3.63) is 95.2 Å². The lowest BCUT2D eigenvalue weighted by Gasteiger charge is -2.02. The van der Waals surface area contributed by atoms with Gasteiger partial charge in [0.15, 0.2) is 0 Å². The Hall–Kier alpha value is -4.65. The molecule has 7 heteroatoms. The number of rotatable bonds is 5. The van der Waals surface area contributed by atoms with Gasteiger partial charge in [0.2, 0.25) is 5.82 Å². The Morgan fingerprint density at radius 2 is 1.66 bits per heavy atom. The first-order valence-electron chi connectivity index (χ1n) is 11.3. The van der Waals surface area contributed by atoms with Gasteiger partial charge in [0.05, 0.1) is 0 Å². The van der Waals surface area contributed by atoms with Crippen LogP contribution in [0.15, 0.2) is 77.3 Å². The average Bonchev–Trinajstić information content (AvgIpc) is 3.61. The lowest BCUT2D eigenvalue weighted by Crippen LogP contribution is -2.05. The summed E-state index contributed by atoms with van der Waals surface area (Å²) in [6, 6.07) is 23.2. The summed E-state index contributed by atoms with van der Waals surface area (Å²) in [6.07, 6.45) is 0. The van der Waals surface area contributed by atoms with Crippen molar-refractivity contribution < 1.29 is 14.1 Å². The zero-order valence-corrected chi connectivity index (χ0v) is 19.3. The maximum atomic E-state index is 12.7. The fourth-order valence-electron chi connectivity index (χ4n) is 4.54. The van der Waals surface area contributed by atoms with Gasteiger partial charge in [-0.3, -0.25) is 0 Å². The molecule has 0 saturated heterocycles. The van der Waals surface area contributed by atoms with Gasteiger partial charge in [-0.15, -0.1) is 0 Å². The normalized spacial score (nSPS) is 11.4. The Morgan fingerprint density at radius 3 is 2.43 bits per heavy atom. The standard InChI is InChI=1S/C28H22N4O3/c1-16-20-13-23(28(33)34-15-18-9-5-3-6-10-18)29-21(20)14-22-24(16)17(2)25(30-22)27-31-26(32-35-27)19-11-7-4-8-12-19/h3-14,29-30H,15H2,1-2H3. The summed E-state index contributed by atoms with van der Waals surface area (Å²) in [5, 5.41) is 6.18. The number of hydrogen-bond donors (Lipinski definition) is 2. The van der Waals surface area contributed by atoms with Gasteiger partial charge in [0.1, 0.15) is 18.0 Å². The third-order valence-corrected chi connectivity index (χ3v) is 6.30. The number of ether oxygens (including phenoxy) is 1. The van der Waals surface area contributed by atoms with Gasteiger partial charge in [-0.05, 0) is 42.7 Å². The molecule has 0 radical (unpaired) electrons. The number of nitrogens with one attached hydrogen (secondary N) is 2. The summed E-state index contributed by atoms with van der Waals surface area (Å²) in [7, 11) is 0. The van der Waals surface area contributed by atoms with Crippen LogP contribution >= 0.6 is 0 Å². The summed E-state index contributed by atoms with van der Waals surface area (Å²) < 4.78 is 11.1. The van der Waals surface area contributed by atoms with Crippen LogP contribution in [0.4, 0.5) is 0 Å². The minimum atomic E-state index is -0.384. The molecular weight excluding hydrogens is 440 g/mol. The van der Waals surface area contributed by atoms with Crippen LogP contribution in [0.25, 0.3) is 44.8 Å². The van der Waals surface area contributed by atoms with Crippen molar-refractivity contribution in [2.24, 2.45) is 0 Å². The van der Waals surface area contributed by atoms with E-state index in [1.807, 2.05) is 86.6 Å². The molecule has 0 fully saturated rings. The SMILES string of the molecule is Cc1c(-c2nc(-c3ccccc3)no2)[nH]c2cc3[nH]c(C(=O)OCc4ccccc4)cc3c(C)c12. The van der Waals surface area contributed by atoms with Gasteiger partial charge >= 0.3 is 5.97 Å². The van der Waals surface area contributed by atoms with Crippen molar-refractivity contribution in [2.75, 3.05) is 0 Å². The quantitative estimate of drug-likeness (QED) is 0.291. The van der Waals surface area contributed by atoms with Crippen molar-refractivity contribution in [1.82, 2.24) is 20.1 Å². The first kappa shape index (κ1) is 20.9. The second-order valence-corrected chi connectivity index (χ2v) is 8.54. The van der Waals surface area contributed by atoms with E-state index in [0.29, 0.717) is 17.4 Å². The molecule has 172 valence electrons. The number of aromatic amines is 2. The third-order valence-electron chi connectivity index (χ3n) is 6.30. The van der Waals surface area contributed by atoms with Gasteiger partial charge in [0.25, 0.3) is 5.89 Å². The predicted octanol–water partition coefficient (Wildman–Crippen LogP) is 6.34. The molecule has 6 rings (SSSR count). The Labute approximate surface area is 200 Å². The van der Waals surface area contributed by atoms with Crippen LogP contribution in [-0.4, -0.2) is 26.1 Å². The fourth-order valence-corrected chi connectivity index (χ4v) is 4.54. The van der Waals surface area contributed by atoms with Crippen LogP contribution in [0.1, 0.15) is 27.2 Å². The van der Waals surface area contributed by atoms with Gasteiger partial charge in [0, 0.05) is 27.4 Å². The monoisotopic (exact) mass is 462 g/mol. The lowest BCUT2D eigenvalue weighted by atomic mass is 10.0. The number of nitrogens with zero attached hydrogens (tertiary/aromatic N) is 2. The topological polar surface area (TPSA) is 96.8 Å². The number of esters is 1. The van der Waals surface area contributed by atoms with E-state index in [9.17, 15) is 4.79 Å². The minimum absolute atomic E-state index is 0.229. The molecule has 0 aliphatic carbocycles. The molecule has 0 atom stereocenters. The van der Waals surface area contributed by atoms with Gasteiger partial charge < -0.3 is 19.2 Å². The fraction of sp³-hybridized carbons (Fsp3) is 0.107. The molecule has 0 bridgehead atoms. The maximum absolute atomic E-state index is 12.7. The molecule has 3 aromatic heterocycles. The number of fused-ring (bicyclic) bond motifs is 2. The molecule has 0 aliphatic heterocycles. The second-order valence-electron chi connectivity index (χ2n) is 8.54. The number of benzene rings is 3. The van der Waals surface area contributed by atoms with Gasteiger partial charge in [-0.25, -0.2) is 4.79 Å². The molecular formula is C28H22N4O3. The summed E-state index contributed by atoms with van der Waals surface area (Å²) >= 11 is 0. The van der Waals surface area contributed by atoms with Crippen molar-refractivity contribution in [3.63, 3.8) is 0 Å². The molecule has 2 N–H and O–H groups in total. The molecule has 0 aliphatic rings. The first-order chi connectivity index (χ1) is 17.1. The van der Waals surface area contributed by atoms with Crippen molar-refractivity contribution in [3.8, 4) is 23.0 Å². The average molecular weight is 463 g/mol. The van der Waals surface area contributed by atoms with Gasteiger partial charge in [-0.1, -0.05) is 65.8 Å². The smallest absolute Gasteiger partial charge is 0.355 e. The molecule has 7 nitrogen and oxygen atoms in total. The number of H-pyrrole nitrogens is 2. The molecule has 0 unspecified atom stereocenters. The molecule has 0 spiro atoms. The highest BCUT2D eigenvalue weighted by Crippen LogP contribution is 2.35. The zero-order valence-electron chi connectivity index (χ0n) is 19.3.